The van der Waals surface area contributed by atoms with Gasteiger partial charge in [-0.05, 0) is 30.9 Å². The van der Waals surface area contributed by atoms with Crippen molar-refractivity contribution in [3.05, 3.63) is 11.1 Å². The van der Waals surface area contributed by atoms with Crippen LogP contribution in [0.1, 0.15) is 44.3 Å². The number of nitrogens with zero attached hydrogens (tertiary/aromatic N) is 3. The van der Waals surface area contributed by atoms with E-state index in [2.05, 4.69) is 21.7 Å². The van der Waals surface area contributed by atoms with Crippen molar-refractivity contribution >= 4 is 11.6 Å². The fourth-order valence-corrected chi connectivity index (χ4v) is 1.67. The number of hydrogen-bond donors (Lipinski definition) is 0. The number of halogens is 1. The van der Waals surface area contributed by atoms with Gasteiger partial charge in [0.05, 0.1) is 0 Å². The summed E-state index contributed by atoms with van der Waals surface area (Å²) in [4.78, 5) is 0. The molecule has 1 aromatic heterocycles. The molecule has 3 nitrogen and oxygen atoms in total. The van der Waals surface area contributed by atoms with E-state index in [1.807, 2.05) is 0 Å². The van der Waals surface area contributed by atoms with Crippen molar-refractivity contribution in [3.63, 3.8) is 0 Å². The molecule has 1 heterocycles. The summed E-state index contributed by atoms with van der Waals surface area (Å²) in [5.74, 6) is 1.73. The summed E-state index contributed by atoms with van der Waals surface area (Å²) in [6.07, 6.45) is 4.83. The fourth-order valence-electron chi connectivity index (χ4n) is 1.46. The number of unbranched alkanes of at least 4 members (excludes halogenated alkanes) is 1. The Morgan fingerprint density at radius 2 is 2.23 bits per heavy atom. The van der Waals surface area contributed by atoms with Crippen molar-refractivity contribution in [3.8, 4) is 0 Å². The highest BCUT2D eigenvalue weighted by atomic mass is 35.5. The summed E-state index contributed by atoms with van der Waals surface area (Å²) in [7, 11) is 0. The van der Waals surface area contributed by atoms with Crippen LogP contribution >= 0.6 is 11.6 Å². The lowest BCUT2D eigenvalue weighted by Crippen LogP contribution is -2.02. The first kappa shape index (κ1) is 9.00. The molecule has 13 heavy (non-hydrogen) atoms. The molecule has 0 atom stereocenters. The maximum absolute atomic E-state index is 5.94. The summed E-state index contributed by atoms with van der Waals surface area (Å²) in [6.45, 7) is 3.14. The Labute approximate surface area is 83.1 Å². The zero-order valence-electron chi connectivity index (χ0n) is 7.83. The second-order valence-electron chi connectivity index (χ2n) is 3.61. The highest BCUT2D eigenvalue weighted by molar-refractivity contribution is 6.28. The van der Waals surface area contributed by atoms with Gasteiger partial charge in [0.1, 0.15) is 5.82 Å². The summed E-state index contributed by atoms with van der Waals surface area (Å²) >= 11 is 5.94. The van der Waals surface area contributed by atoms with Gasteiger partial charge >= 0.3 is 0 Å². The van der Waals surface area contributed by atoms with Gasteiger partial charge in [0.2, 0.25) is 5.28 Å². The number of rotatable bonds is 4. The topological polar surface area (TPSA) is 30.7 Å². The van der Waals surface area contributed by atoms with E-state index in [4.69, 9.17) is 11.6 Å². The molecule has 0 aromatic carbocycles. The summed E-state index contributed by atoms with van der Waals surface area (Å²) in [5.41, 5.74) is 0. The molecule has 0 unspecified atom stereocenters. The van der Waals surface area contributed by atoms with Gasteiger partial charge in [-0.1, -0.05) is 13.3 Å². The van der Waals surface area contributed by atoms with Crippen LogP contribution < -0.4 is 0 Å². The second kappa shape index (κ2) is 3.66. The molecule has 2 rings (SSSR count). The van der Waals surface area contributed by atoms with Crippen LogP contribution in [0.15, 0.2) is 0 Å². The number of hydrogen-bond acceptors (Lipinski definition) is 2. The average molecular weight is 200 g/mol. The maximum atomic E-state index is 5.94. The van der Waals surface area contributed by atoms with Crippen molar-refractivity contribution in [2.75, 3.05) is 0 Å². The van der Waals surface area contributed by atoms with Gasteiger partial charge in [0.15, 0.2) is 0 Å². The van der Waals surface area contributed by atoms with Crippen molar-refractivity contribution in [2.24, 2.45) is 0 Å². The molecular formula is C9H14ClN3. The molecule has 0 bridgehead atoms. The van der Waals surface area contributed by atoms with Crippen LogP contribution in [0.4, 0.5) is 0 Å². The van der Waals surface area contributed by atoms with Gasteiger partial charge < -0.3 is 4.57 Å². The Morgan fingerprint density at radius 1 is 1.46 bits per heavy atom. The Bertz CT molecular complexity index is 291. The minimum Gasteiger partial charge on any atom is -0.302 e. The first-order valence-corrected chi connectivity index (χ1v) is 5.29. The van der Waals surface area contributed by atoms with Gasteiger partial charge in [0.25, 0.3) is 0 Å². The van der Waals surface area contributed by atoms with Crippen LogP contribution in [0.3, 0.4) is 0 Å². The lowest BCUT2D eigenvalue weighted by atomic mass is 10.3. The molecule has 72 valence electrons. The predicted octanol–water partition coefficient (Wildman–Crippen LogP) is 2.61. The summed E-state index contributed by atoms with van der Waals surface area (Å²) in [6, 6.07) is 0. The van der Waals surface area contributed by atoms with Gasteiger partial charge in [-0.25, -0.2) is 0 Å². The SMILES string of the molecule is CCCCn1c(Cl)nnc1C1CC1. The van der Waals surface area contributed by atoms with Crippen molar-refractivity contribution in [1.82, 2.24) is 14.8 Å². The summed E-state index contributed by atoms with van der Waals surface area (Å²) in [5, 5.41) is 8.57. The van der Waals surface area contributed by atoms with Crippen LogP contribution in [-0.2, 0) is 6.54 Å². The molecule has 1 aliphatic rings. The molecule has 1 aliphatic carbocycles. The average Bonchev–Trinajstić information content (AvgIpc) is 2.89. The normalized spacial score (nSPS) is 16.5. The third-order valence-electron chi connectivity index (χ3n) is 2.41. The first-order chi connectivity index (χ1) is 6.33. The van der Waals surface area contributed by atoms with Gasteiger partial charge in [-0.3, -0.25) is 0 Å². The van der Waals surface area contributed by atoms with Crippen LogP contribution in [0.25, 0.3) is 0 Å². The lowest BCUT2D eigenvalue weighted by Gasteiger charge is -2.04. The molecule has 4 heteroatoms. The number of aromatic nitrogens is 3. The fraction of sp³-hybridized carbons (Fsp3) is 0.778. The van der Waals surface area contributed by atoms with Crippen LogP contribution in [0, 0.1) is 0 Å². The van der Waals surface area contributed by atoms with Crippen LogP contribution in [0.2, 0.25) is 5.28 Å². The third-order valence-corrected chi connectivity index (χ3v) is 2.69. The third kappa shape index (κ3) is 1.85. The molecule has 1 saturated carbocycles. The van der Waals surface area contributed by atoms with Crippen LogP contribution in [-0.4, -0.2) is 14.8 Å². The molecule has 0 radical (unpaired) electrons. The van der Waals surface area contributed by atoms with E-state index >= 15 is 0 Å². The molecule has 0 aliphatic heterocycles. The maximum Gasteiger partial charge on any atom is 0.225 e. The first-order valence-electron chi connectivity index (χ1n) is 4.91. The predicted molar refractivity (Wildman–Crippen MR) is 51.9 cm³/mol. The van der Waals surface area contributed by atoms with E-state index < -0.39 is 0 Å². The molecule has 1 aromatic rings. The molecule has 0 spiro atoms. The van der Waals surface area contributed by atoms with Crippen molar-refractivity contribution in [2.45, 2.75) is 45.1 Å². The van der Waals surface area contributed by atoms with E-state index in [0.29, 0.717) is 11.2 Å². The zero-order valence-corrected chi connectivity index (χ0v) is 8.59. The van der Waals surface area contributed by atoms with Crippen LogP contribution in [0.5, 0.6) is 0 Å². The summed E-state index contributed by atoms with van der Waals surface area (Å²) < 4.78 is 2.06. The molecule has 0 N–H and O–H groups in total. The van der Waals surface area contributed by atoms with Gasteiger partial charge in [-0.15, -0.1) is 10.2 Å². The molecule has 1 fully saturated rings. The smallest absolute Gasteiger partial charge is 0.225 e. The second-order valence-corrected chi connectivity index (χ2v) is 3.94. The van der Waals surface area contributed by atoms with Gasteiger partial charge in [-0.2, -0.15) is 0 Å². The quantitative estimate of drug-likeness (QED) is 0.747. The van der Waals surface area contributed by atoms with E-state index in [0.717, 1.165) is 18.8 Å². The minimum atomic E-state index is 0.551. The van der Waals surface area contributed by atoms with E-state index in [1.54, 1.807) is 0 Å². The Balaban J connectivity index is 2.14. The Kier molecular flexibility index (Phi) is 2.54. The molecular weight excluding hydrogens is 186 g/mol. The largest absolute Gasteiger partial charge is 0.302 e. The lowest BCUT2D eigenvalue weighted by molar-refractivity contribution is 0.603. The zero-order chi connectivity index (χ0) is 9.26. The molecule has 0 saturated heterocycles. The highest BCUT2D eigenvalue weighted by Crippen LogP contribution is 2.39. The Hall–Kier alpha value is -0.570. The van der Waals surface area contributed by atoms with Crippen molar-refractivity contribution in [1.29, 1.82) is 0 Å². The minimum absolute atomic E-state index is 0.551. The van der Waals surface area contributed by atoms with E-state index in [9.17, 15) is 0 Å². The van der Waals surface area contributed by atoms with E-state index in [1.165, 1.54) is 19.3 Å². The van der Waals surface area contributed by atoms with Gasteiger partial charge in [0, 0.05) is 12.5 Å². The Morgan fingerprint density at radius 3 is 2.85 bits per heavy atom. The molecule has 0 amide bonds. The van der Waals surface area contributed by atoms with E-state index in [-0.39, 0.29) is 0 Å². The standard InChI is InChI=1S/C9H14ClN3/c1-2-3-6-13-8(7-4-5-7)11-12-9(13)10/h7H,2-6H2,1H3. The monoisotopic (exact) mass is 199 g/mol. The van der Waals surface area contributed by atoms with Crippen molar-refractivity contribution < 1.29 is 0 Å². The highest BCUT2D eigenvalue weighted by Gasteiger charge is 2.29.